The molecule has 1 unspecified atom stereocenters. The first-order valence-electron chi connectivity index (χ1n) is 10.2. The van der Waals surface area contributed by atoms with Gasteiger partial charge in [0.15, 0.2) is 0 Å². The summed E-state index contributed by atoms with van der Waals surface area (Å²) in [6.45, 7) is 1.92. The first-order chi connectivity index (χ1) is 13.3. The van der Waals surface area contributed by atoms with Crippen molar-refractivity contribution in [3.05, 3.63) is 41.8 Å². The molecule has 2 aromatic rings. The molecule has 0 bridgehead atoms. The van der Waals surface area contributed by atoms with Gasteiger partial charge in [0.05, 0.1) is 0 Å². The standard InChI is InChI=1S/C21H28N4O2/c26-19(17-11-5-6-12-17)22-18(15-16-9-3-1-4-10-16)20-23-24-21(27-20)25-13-7-2-8-14-25/h1,3-4,9-10,17-18H,2,5-8,11-15H2,(H,22,26). The molecule has 2 aliphatic rings. The van der Waals surface area contributed by atoms with Crippen molar-refractivity contribution in [3.8, 4) is 0 Å². The van der Waals surface area contributed by atoms with Gasteiger partial charge >= 0.3 is 6.01 Å². The molecule has 0 spiro atoms. The van der Waals surface area contributed by atoms with Gasteiger partial charge in [0.2, 0.25) is 11.8 Å². The van der Waals surface area contributed by atoms with E-state index in [1.165, 1.54) is 6.42 Å². The number of nitrogens with one attached hydrogen (secondary N) is 1. The third kappa shape index (κ3) is 4.49. The highest BCUT2D eigenvalue weighted by Gasteiger charge is 2.28. The lowest BCUT2D eigenvalue weighted by Crippen LogP contribution is -2.34. The van der Waals surface area contributed by atoms with Gasteiger partial charge in [0.25, 0.3) is 0 Å². The average molecular weight is 368 g/mol. The van der Waals surface area contributed by atoms with E-state index < -0.39 is 0 Å². The van der Waals surface area contributed by atoms with Crippen LogP contribution in [-0.4, -0.2) is 29.2 Å². The second-order valence-electron chi connectivity index (χ2n) is 7.70. The average Bonchev–Trinajstić information content (AvgIpc) is 3.41. The summed E-state index contributed by atoms with van der Waals surface area (Å²) in [5.74, 6) is 0.740. The van der Waals surface area contributed by atoms with E-state index in [0.29, 0.717) is 18.3 Å². The molecule has 6 nitrogen and oxygen atoms in total. The fraction of sp³-hybridized carbons (Fsp3) is 0.571. The summed E-state index contributed by atoms with van der Waals surface area (Å²) >= 11 is 0. The van der Waals surface area contributed by atoms with Crippen LogP contribution in [0.1, 0.15) is 62.4 Å². The number of aromatic nitrogens is 2. The summed E-state index contributed by atoms with van der Waals surface area (Å²) in [5.41, 5.74) is 1.15. The zero-order chi connectivity index (χ0) is 18.5. The van der Waals surface area contributed by atoms with Gasteiger partial charge in [0.1, 0.15) is 6.04 Å². The van der Waals surface area contributed by atoms with Crippen molar-refractivity contribution < 1.29 is 9.21 Å². The van der Waals surface area contributed by atoms with Gasteiger partial charge in [0, 0.05) is 25.4 Å². The lowest BCUT2D eigenvalue weighted by molar-refractivity contribution is -0.125. The third-order valence-corrected chi connectivity index (χ3v) is 5.68. The molecule has 1 saturated heterocycles. The van der Waals surface area contributed by atoms with Crippen LogP contribution in [0.2, 0.25) is 0 Å². The molecule has 6 heteroatoms. The molecule has 4 rings (SSSR count). The molecule has 1 atom stereocenters. The van der Waals surface area contributed by atoms with Gasteiger partial charge in [-0.15, -0.1) is 5.10 Å². The number of amides is 1. The Morgan fingerprint density at radius 2 is 1.81 bits per heavy atom. The Hall–Kier alpha value is -2.37. The van der Waals surface area contributed by atoms with E-state index in [9.17, 15) is 4.79 Å². The van der Waals surface area contributed by atoms with E-state index in [0.717, 1.165) is 57.2 Å². The van der Waals surface area contributed by atoms with Crippen LogP contribution in [0.3, 0.4) is 0 Å². The molecule has 1 amide bonds. The maximum Gasteiger partial charge on any atom is 0.318 e. The van der Waals surface area contributed by atoms with E-state index in [1.807, 2.05) is 18.2 Å². The summed E-state index contributed by atoms with van der Waals surface area (Å²) in [6.07, 6.45) is 8.46. The number of hydrogen-bond acceptors (Lipinski definition) is 5. The molecule has 27 heavy (non-hydrogen) atoms. The minimum absolute atomic E-state index is 0.117. The van der Waals surface area contributed by atoms with Crippen molar-refractivity contribution >= 4 is 11.9 Å². The van der Waals surface area contributed by atoms with Crippen LogP contribution in [0.15, 0.2) is 34.7 Å². The quantitative estimate of drug-likeness (QED) is 0.843. The Morgan fingerprint density at radius 1 is 1.07 bits per heavy atom. The zero-order valence-electron chi connectivity index (χ0n) is 15.8. The number of anilines is 1. The molecule has 1 aromatic heterocycles. The van der Waals surface area contributed by atoms with Gasteiger partial charge in [-0.1, -0.05) is 48.3 Å². The highest BCUT2D eigenvalue weighted by atomic mass is 16.4. The second kappa shape index (κ2) is 8.55. The highest BCUT2D eigenvalue weighted by Crippen LogP contribution is 2.27. The highest BCUT2D eigenvalue weighted by molar-refractivity contribution is 5.79. The second-order valence-corrected chi connectivity index (χ2v) is 7.70. The Balaban J connectivity index is 1.51. The summed E-state index contributed by atoms with van der Waals surface area (Å²) < 4.78 is 6.01. The predicted molar refractivity (Wildman–Crippen MR) is 103 cm³/mol. The summed E-state index contributed by atoms with van der Waals surface area (Å²) in [7, 11) is 0. The van der Waals surface area contributed by atoms with Crippen LogP contribution >= 0.6 is 0 Å². The number of carbonyl (C=O) groups excluding carboxylic acids is 1. The molecular weight excluding hydrogens is 340 g/mol. The Bertz CT molecular complexity index is 734. The minimum Gasteiger partial charge on any atom is -0.406 e. The van der Waals surface area contributed by atoms with E-state index in [1.54, 1.807) is 0 Å². The zero-order valence-corrected chi connectivity index (χ0v) is 15.8. The van der Waals surface area contributed by atoms with Crippen LogP contribution < -0.4 is 10.2 Å². The summed E-state index contributed by atoms with van der Waals surface area (Å²) in [5, 5.41) is 11.7. The topological polar surface area (TPSA) is 71.3 Å². The van der Waals surface area contributed by atoms with Gasteiger partial charge in [-0.3, -0.25) is 4.79 Å². The number of nitrogens with zero attached hydrogens (tertiary/aromatic N) is 3. The predicted octanol–water partition coefficient (Wildman–Crippen LogP) is 3.65. The number of benzene rings is 1. The van der Waals surface area contributed by atoms with E-state index in [2.05, 4.69) is 32.5 Å². The van der Waals surface area contributed by atoms with Crippen LogP contribution in [0.5, 0.6) is 0 Å². The number of piperidine rings is 1. The van der Waals surface area contributed by atoms with Gasteiger partial charge in [-0.25, -0.2) is 0 Å². The molecule has 0 radical (unpaired) electrons. The Labute approximate surface area is 160 Å². The molecule has 144 valence electrons. The number of rotatable bonds is 6. The molecule has 1 N–H and O–H groups in total. The first kappa shape index (κ1) is 18.0. The maximum absolute atomic E-state index is 12.7. The van der Waals surface area contributed by atoms with Gasteiger partial charge < -0.3 is 14.6 Å². The van der Waals surface area contributed by atoms with Crippen LogP contribution in [0.4, 0.5) is 6.01 Å². The van der Waals surface area contributed by atoms with Crippen molar-refractivity contribution in [1.29, 1.82) is 0 Å². The Morgan fingerprint density at radius 3 is 2.56 bits per heavy atom. The van der Waals surface area contributed by atoms with Crippen molar-refractivity contribution in [3.63, 3.8) is 0 Å². The van der Waals surface area contributed by atoms with Crippen LogP contribution in [0, 0.1) is 5.92 Å². The van der Waals surface area contributed by atoms with Crippen molar-refractivity contribution in [2.45, 2.75) is 57.4 Å². The molecule has 2 heterocycles. The summed E-state index contributed by atoms with van der Waals surface area (Å²) in [4.78, 5) is 14.9. The SMILES string of the molecule is O=C(NC(Cc1ccccc1)c1nnc(N2CCCCC2)o1)C1CCCC1. The van der Waals surface area contributed by atoms with Crippen molar-refractivity contribution in [1.82, 2.24) is 15.5 Å². The fourth-order valence-corrected chi connectivity index (χ4v) is 4.11. The van der Waals surface area contributed by atoms with Crippen molar-refractivity contribution in [2.75, 3.05) is 18.0 Å². The number of carbonyl (C=O) groups is 1. The molecule has 1 aliphatic heterocycles. The van der Waals surface area contributed by atoms with Crippen LogP contribution in [-0.2, 0) is 11.2 Å². The molecule has 1 aromatic carbocycles. The molecule has 2 fully saturated rings. The van der Waals surface area contributed by atoms with E-state index >= 15 is 0 Å². The minimum atomic E-state index is -0.286. The van der Waals surface area contributed by atoms with Crippen molar-refractivity contribution in [2.24, 2.45) is 5.92 Å². The lowest BCUT2D eigenvalue weighted by atomic mass is 10.0. The van der Waals surface area contributed by atoms with Gasteiger partial charge in [-0.2, -0.15) is 0 Å². The molecule has 1 aliphatic carbocycles. The molecule has 1 saturated carbocycles. The number of hydrogen-bond donors (Lipinski definition) is 1. The van der Waals surface area contributed by atoms with Crippen LogP contribution in [0.25, 0.3) is 0 Å². The monoisotopic (exact) mass is 368 g/mol. The van der Waals surface area contributed by atoms with E-state index in [4.69, 9.17) is 4.42 Å². The van der Waals surface area contributed by atoms with Gasteiger partial charge in [-0.05, 0) is 37.7 Å². The maximum atomic E-state index is 12.7. The smallest absolute Gasteiger partial charge is 0.318 e. The summed E-state index contributed by atoms with van der Waals surface area (Å²) in [6, 6.07) is 10.4. The normalized spacial score (nSPS) is 19.2. The first-order valence-corrected chi connectivity index (χ1v) is 10.2. The molecular formula is C21H28N4O2. The third-order valence-electron chi connectivity index (χ3n) is 5.68. The fourth-order valence-electron chi connectivity index (χ4n) is 4.11. The largest absolute Gasteiger partial charge is 0.406 e. The lowest BCUT2D eigenvalue weighted by Gasteiger charge is -2.24. The Kier molecular flexibility index (Phi) is 5.70. The van der Waals surface area contributed by atoms with E-state index in [-0.39, 0.29) is 17.9 Å².